The molecule has 4 aromatic rings. The second kappa shape index (κ2) is 3.83. The summed E-state index contributed by atoms with van der Waals surface area (Å²) in [6.07, 6.45) is 2.13. The molecule has 0 aliphatic heterocycles. The van der Waals surface area contributed by atoms with Gasteiger partial charge in [-0.05, 0) is 24.8 Å². The molecule has 0 radical (unpaired) electrons. The predicted molar refractivity (Wildman–Crippen MR) is 83.1 cm³/mol. The summed E-state index contributed by atoms with van der Waals surface area (Å²) in [4.78, 5) is 0. The molecule has 0 atom stereocenters. The van der Waals surface area contributed by atoms with Crippen LogP contribution >= 0.6 is 0 Å². The van der Waals surface area contributed by atoms with E-state index in [1.165, 1.54) is 38.3 Å². The highest BCUT2D eigenvalue weighted by atomic mass is 15.3. The molecule has 20 heavy (non-hydrogen) atoms. The van der Waals surface area contributed by atoms with E-state index in [-0.39, 0.29) is 0 Å². The number of aromatic nitrogens is 2. The van der Waals surface area contributed by atoms with E-state index in [2.05, 4.69) is 78.8 Å². The molecule has 2 heterocycles. The van der Waals surface area contributed by atoms with E-state index in [0.29, 0.717) is 0 Å². The van der Waals surface area contributed by atoms with Gasteiger partial charge < -0.3 is 0 Å². The van der Waals surface area contributed by atoms with Crippen molar-refractivity contribution >= 4 is 27.2 Å². The van der Waals surface area contributed by atoms with Gasteiger partial charge in [0.15, 0.2) is 13.2 Å². The molecule has 0 fully saturated rings. The van der Waals surface area contributed by atoms with Crippen LogP contribution in [-0.4, -0.2) is 4.52 Å². The lowest BCUT2D eigenvalue weighted by Crippen LogP contribution is -2.34. The van der Waals surface area contributed by atoms with Gasteiger partial charge in [0.1, 0.15) is 11.0 Å². The Morgan fingerprint density at radius 3 is 2.60 bits per heavy atom. The smallest absolute Gasteiger partial charge is 0.120 e. The molecule has 0 unspecified atom stereocenters. The molecule has 2 nitrogen and oxygen atoms in total. The molecule has 0 amide bonds. The summed E-state index contributed by atoms with van der Waals surface area (Å²) in [5.74, 6) is 0. The molecule has 98 valence electrons. The molecule has 4 rings (SSSR count). The van der Waals surface area contributed by atoms with Gasteiger partial charge in [-0.3, -0.25) is 0 Å². The van der Waals surface area contributed by atoms with Crippen molar-refractivity contribution in [1.82, 2.24) is 4.52 Å². The highest BCUT2D eigenvalue weighted by molar-refractivity contribution is 6.12. The largest absolute Gasteiger partial charge is 0.196 e. The van der Waals surface area contributed by atoms with Gasteiger partial charge in [-0.25, -0.2) is 0 Å². The van der Waals surface area contributed by atoms with Gasteiger partial charge in [0.05, 0.1) is 0 Å². The van der Waals surface area contributed by atoms with Crippen LogP contribution in [0.5, 0.6) is 0 Å². The quantitative estimate of drug-likeness (QED) is 0.337. The average Bonchev–Trinajstić information content (AvgIpc) is 2.81. The first-order valence-corrected chi connectivity index (χ1v) is 6.96. The first kappa shape index (κ1) is 11.5. The van der Waals surface area contributed by atoms with Gasteiger partial charge in [0.2, 0.25) is 0 Å². The van der Waals surface area contributed by atoms with Crippen LogP contribution in [0.25, 0.3) is 27.2 Å². The number of para-hydroxylation sites is 1. The number of aryl methyl sites for hydroxylation is 3. The molecule has 2 aromatic carbocycles. The minimum Gasteiger partial charge on any atom is -0.120 e. The summed E-state index contributed by atoms with van der Waals surface area (Å²) in [5.41, 5.74) is 5.18. The molecule has 0 N–H and O–H groups in total. The van der Waals surface area contributed by atoms with E-state index >= 15 is 0 Å². The second-order valence-electron chi connectivity index (χ2n) is 5.61. The van der Waals surface area contributed by atoms with E-state index in [1.807, 2.05) is 0 Å². The van der Waals surface area contributed by atoms with Crippen LogP contribution in [0.4, 0.5) is 0 Å². The standard InChI is InChI=1S/C18H17N2/c1-12-7-8-14-16(11-12)15-6-4-5-13(2)18(15)20-17(14)9-10-19(20)3/h4-11H,1-3H3/q+1. The van der Waals surface area contributed by atoms with Crippen molar-refractivity contribution in [3.05, 3.63) is 59.8 Å². The number of rotatable bonds is 0. The second-order valence-corrected chi connectivity index (χ2v) is 5.61. The lowest BCUT2D eigenvalue weighted by Gasteiger charge is -2.09. The molecule has 0 bridgehead atoms. The third-order valence-electron chi connectivity index (χ3n) is 4.18. The zero-order chi connectivity index (χ0) is 13.9. The summed E-state index contributed by atoms with van der Waals surface area (Å²) in [5, 5.41) is 3.98. The first-order chi connectivity index (χ1) is 9.66. The highest BCUT2D eigenvalue weighted by Gasteiger charge is 2.15. The maximum Gasteiger partial charge on any atom is 0.196 e. The van der Waals surface area contributed by atoms with Gasteiger partial charge in [0, 0.05) is 16.8 Å². The van der Waals surface area contributed by atoms with Crippen LogP contribution in [0.1, 0.15) is 11.1 Å². The molecule has 0 saturated carbocycles. The average molecular weight is 261 g/mol. The van der Waals surface area contributed by atoms with E-state index in [1.54, 1.807) is 0 Å². The van der Waals surface area contributed by atoms with Crippen molar-refractivity contribution in [3.63, 3.8) is 0 Å². The molecule has 0 spiro atoms. The van der Waals surface area contributed by atoms with E-state index in [0.717, 1.165) is 0 Å². The Morgan fingerprint density at radius 1 is 0.900 bits per heavy atom. The lowest BCUT2D eigenvalue weighted by molar-refractivity contribution is -0.735. The fourth-order valence-electron chi connectivity index (χ4n) is 3.23. The van der Waals surface area contributed by atoms with Crippen molar-refractivity contribution in [2.45, 2.75) is 13.8 Å². The minimum absolute atomic E-state index is 1.27. The molecule has 2 aromatic heterocycles. The number of pyridine rings is 1. The van der Waals surface area contributed by atoms with Crippen molar-refractivity contribution < 1.29 is 4.68 Å². The fraction of sp³-hybridized carbons (Fsp3) is 0.167. The third kappa shape index (κ3) is 1.36. The fourth-order valence-corrected chi connectivity index (χ4v) is 3.23. The number of hydrogen-bond donors (Lipinski definition) is 0. The summed E-state index contributed by atoms with van der Waals surface area (Å²) < 4.78 is 4.46. The molecular formula is C18H17N2+. The van der Waals surface area contributed by atoms with Gasteiger partial charge in [-0.15, -0.1) is 9.20 Å². The first-order valence-electron chi connectivity index (χ1n) is 6.96. The lowest BCUT2D eigenvalue weighted by atomic mass is 10.0. The van der Waals surface area contributed by atoms with Crippen molar-refractivity contribution in [1.29, 1.82) is 0 Å². The Kier molecular flexibility index (Phi) is 2.19. The van der Waals surface area contributed by atoms with Gasteiger partial charge in [-0.2, -0.15) is 0 Å². The zero-order valence-corrected chi connectivity index (χ0v) is 12.0. The Bertz CT molecular complexity index is 977. The van der Waals surface area contributed by atoms with Crippen LogP contribution in [0.15, 0.2) is 48.7 Å². The third-order valence-corrected chi connectivity index (χ3v) is 4.18. The van der Waals surface area contributed by atoms with Gasteiger partial charge in [0.25, 0.3) is 0 Å². The maximum atomic E-state index is 2.31. The summed E-state index contributed by atoms with van der Waals surface area (Å²) in [6.45, 7) is 4.34. The van der Waals surface area contributed by atoms with Crippen LogP contribution in [0.2, 0.25) is 0 Å². The molecule has 0 aliphatic carbocycles. The molecule has 2 heteroatoms. The van der Waals surface area contributed by atoms with E-state index < -0.39 is 0 Å². The molecular weight excluding hydrogens is 244 g/mol. The zero-order valence-electron chi connectivity index (χ0n) is 12.0. The van der Waals surface area contributed by atoms with Gasteiger partial charge in [-0.1, -0.05) is 42.0 Å². The van der Waals surface area contributed by atoms with Crippen molar-refractivity contribution in [2.24, 2.45) is 7.05 Å². The summed E-state index contributed by atoms with van der Waals surface area (Å²) >= 11 is 0. The number of benzene rings is 2. The van der Waals surface area contributed by atoms with Crippen LogP contribution in [0, 0.1) is 13.8 Å². The van der Waals surface area contributed by atoms with E-state index in [4.69, 9.17) is 0 Å². The Morgan fingerprint density at radius 2 is 1.75 bits per heavy atom. The monoisotopic (exact) mass is 261 g/mol. The van der Waals surface area contributed by atoms with E-state index in [9.17, 15) is 0 Å². The molecule has 0 aliphatic rings. The predicted octanol–water partition coefficient (Wildman–Crippen LogP) is 3.69. The Hall–Kier alpha value is -2.35. The summed E-state index contributed by atoms with van der Waals surface area (Å²) in [7, 11) is 2.10. The van der Waals surface area contributed by atoms with Crippen LogP contribution in [0.3, 0.4) is 0 Å². The van der Waals surface area contributed by atoms with Crippen molar-refractivity contribution in [3.8, 4) is 0 Å². The number of nitrogens with zero attached hydrogens (tertiary/aromatic N) is 2. The van der Waals surface area contributed by atoms with Crippen molar-refractivity contribution in [2.75, 3.05) is 0 Å². The highest BCUT2D eigenvalue weighted by Crippen LogP contribution is 2.30. The minimum atomic E-state index is 1.27. The normalized spacial score (nSPS) is 11.8. The topological polar surface area (TPSA) is 8.29 Å². The molecule has 0 saturated heterocycles. The van der Waals surface area contributed by atoms with Gasteiger partial charge >= 0.3 is 0 Å². The number of fused-ring (bicyclic) bond motifs is 6. The Balaban J connectivity index is 2.46. The number of hydrogen-bond acceptors (Lipinski definition) is 0. The maximum absolute atomic E-state index is 2.31. The van der Waals surface area contributed by atoms with Crippen LogP contribution < -0.4 is 4.68 Å². The summed E-state index contributed by atoms with van der Waals surface area (Å²) in [6, 6.07) is 15.5. The Labute approximate surface area is 117 Å². The van der Waals surface area contributed by atoms with Crippen LogP contribution in [-0.2, 0) is 7.05 Å². The SMILES string of the molecule is Cc1ccc2c(c1)c1cccc(C)c1n1c2cc[n+]1C.